The van der Waals surface area contributed by atoms with E-state index in [1.165, 1.54) is 13.0 Å². The number of hydrogen-bond donors (Lipinski definition) is 0. The topological polar surface area (TPSA) is 83.5 Å². The third-order valence-electron chi connectivity index (χ3n) is 1.21. The Morgan fingerprint density at radius 2 is 2.07 bits per heavy atom. The first-order valence-corrected chi connectivity index (χ1v) is 5.17. The minimum Gasteiger partial charge on any atom is -0.745 e. The van der Waals surface area contributed by atoms with Crippen LogP contribution < -0.4 is 29.6 Å². The number of rotatable bonds is 4. The normalized spacial score (nSPS) is 13.4. The van der Waals surface area contributed by atoms with E-state index in [1.807, 2.05) is 0 Å². The first-order chi connectivity index (χ1) is 5.91. The van der Waals surface area contributed by atoms with Crippen LogP contribution in [0.1, 0.15) is 20.3 Å². The van der Waals surface area contributed by atoms with Gasteiger partial charge in [0.25, 0.3) is 0 Å². The summed E-state index contributed by atoms with van der Waals surface area (Å²) in [5.41, 5.74) is -1.59. The Kier molecular flexibility index (Phi) is 8.77. The van der Waals surface area contributed by atoms with E-state index >= 15 is 0 Å². The molecule has 1 atom stereocenters. The maximum atomic E-state index is 10.7. The van der Waals surface area contributed by atoms with Gasteiger partial charge in [0.05, 0.1) is 0 Å². The molecule has 0 spiro atoms. The zero-order chi connectivity index (χ0) is 10.5. The maximum Gasteiger partial charge on any atom is 1.00 e. The van der Waals surface area contributed by atoms with Crippen molar-refractivity contribution in [3.05, 3.63) is 12.2 Å². The summed E-state index contributed by atoms with van der Waals surface area (Å²) in [5, 5.41) is 0. The maximum absolute atomic E-state index is 10.7. The molecule has 0 saturated heterocycles. The third kappa shape index (κ3) is 6.56. The summed E-state index contributed by atoms with van der Waals surface area (Å²) in [7, 11) is -4.56. The predicted octanol–water partition coefficient (Wildman–Crippen LogP) is -2.61. The zero-order valence-electron chi connectivity index (χ0n) is 8.39. The monoisotopic (exact) mass is 230 g/mol. The van der Waals surface area contributed by atoms with Crippen LogP contribution in [0.15, 0.2) is 12.2 Å². The fourth-order valence-electron chi connectivity index (χ4n) is 0.651. The van der Waals surface area contributed by atoms with Crippen molar-refractivity contribution < 1.29 is 52.1 Å². The average molecular weight is 230 g/mol. The van der Waals surface area contributed by atoms with Crippen molar-refractivity contribution in [2.45, 2.75) is 25.7 Å². The van der Waals surface area contributed by atoms with Crippen molar-refractivity contribution in [1.82, 2.24) is 0 Å². The van der Waals surface area contributed by atoms with Crippen LogP contribution >= 0.6 is 0 Å². The summed E-state index contributed by atoms with van der Waals surface area (Å²) in [4.78, 5) is 10.7. The van der Waals surface area contributed by atoms with Gasteiger partial charge >= 0.3 is 35.5 Å². The van der Waals surface area contributed by atoms with Gasteiger partial charge in [-0.05, 0) is 13.3 Å². The van der Waals surface area contributed by atoms with E-state index in [1.54, 1.807) is 6.92 Å². The van der Waals surface area contributed by atoms with E-state index < -0.39 is 21.5 Å². The number of ether oxygens (including phenoxy) is 1. The van der Waals surface area contributed by atoms with Crippen molar-refractivity contribution in [3.63, 3.8) is 0 Å². The molecule has 14 heavy (non-hydrogen) atoms. The number of esters is 1. The Bertz CT molecular complexity index is 295. The van der Waals surface area contributed by atoms with Crippen molar-refractivity contribution in [3.8, 4) is 0 Å². The van der Waals surface area contributed by atoms with Gasteiger partial charge in [-0.15, -0.1) is 0 Å². The van der Waals surface area contributed by atoms with Crippen molar-refractivity contribution in [1.29, 1.82) is 0 Å². The summed E-state index contributed by atoms with van der Waals surface area (Å²) in [6.45, 7) is 3.02. The molecule has 0 heterocycles. The Labute approximate surface area is 106 Å². The van der Waals surface area contributed by atoms with Crippen LogP contribution in [0.2, 0.25) is 0 Å². The van der Waals surface area contributed by atoms with E-state index in [0.29, 0.717) is 0 Å². The molecule has 0 aromatic carbocycles. The Balaban J connectivity index is 0. The van der Waals surface area contributed by atoms with Crippen molar-refractivity contribution >= 4 is 16.1 Å². The molecule has 0 amide bonds. The van der Waals surface area contributed by atoms with E-state index in [-0.39, 0.29) is 36.0 Å². The Morgan fingerprint density at radius 1 is 1.57 bits per heavy atom. The minimum absolute atomic E-state index is 0. The molecule has 0 aliphatic heterocycles. The van der Waals surface area contributed by atoms with Gasteiger partial charge in [0.2, 0.25) is 0 Å². The smallest absolute Gasteiger partial charge is 0.745 e. The van der Waals surface area contributed by atoms with Gasteiger partial charge < -0.3 is 9.29 Å². The number of carbonyl (C=O) groups excluding carboxylic acids is 1. The molecular weight excluding hydrogens is 219 g/mol. The predicted molar refractivity (Wildman–Crippen MR) is 44.7 cm³/mol. The van der Waals surface area contributed by atoms with E-state index in [0.717, 1.165) is 6.08 Å². The molecule has 0 aliphatic rings. The SMILES string of the molecule is CC=CC(=O)OC(CC)S(=O)(=O)[O-].[Na+]. The first kappa shape index (κ1) is 16.5. The Hall–Kier alpha value is 0.120. The molecule has 0 rings (SSSR count). The fraction of sp³-hybridized carbons (Fsp3) is 0.571. The second kappa shape index (κ2) is 7.42. The quantitative estimate of drug-likeness (QED) is 0.229. The zero-order valence-corrected chi connectivity index (χ0v) is 11.2. The van der Waals surface area contributed by atoms with E-state index in [4.69, 9.17) is 0 Å². The minimum atomic E-state index is -4.56. The Morgan fingerprint density at radius 3 is 2.36 bits per heavy atom. The van der Waals surface area contributed by atoms with Crippen LogP contribution in [0.5, 0.6) is 0 Å². The molecule has 0 saturated carbocycles. The number of allylic oxidation sites excluding steroid dienone is 1. The molecule has 0 fully saturated rings. The fourth-order valence-corrected chi connectivity index (χ4v) is 1.27. The number of hydrogen-bond acceptors (Lipinski definition) is 5. The summed E-state index contributed by atoms with van der Waals surface area (Å²) < 4.78 is 35.7. The standard InChI is InChI=1S/C7H12O5S.Na/c1-3-5-6(8)12-7(4-2)13(9,10)11;/h3,5,7H,4H2,1-2H3,(H,9,10,11);/q;+1/p-1. The van der Waals surface area contributed by atoms with E-state index in [2.05, 4.69) is 4.74 Å². The summed E-state index contributed by atoms with van der Waals surface area (Å²) in [6, 6.07) is 0. The molecule has 0 aliphatic carbocycles. The van der Waals surface area contributed by atoms with Crippen LogP contribution in [0, 0.1) is 0 Å². The molecule has 0 N–H and O–H groups in total. The third-order valence-corrected chi connectivity index (χ3v) is 2.28. The molecule has 1 unspecified atom stereocenters. The van der Waals surface area contributed by atoms with Gasteiger partial charge in [0.15, 0.2) is 5.44 Å². The molecule has 0 radical (unpaired) electrons. The van der Waals surface area contributed by atoms with Gasteiger partial charge in [0.1, 0.15) is 10.1 Å². The van der Waals surface area contributed by atoms with Gasteiger partial charge in [-0.25, -0.2) is 13.2 Å². The van der Waals surface area contributed by atoms with Crippen LogP contribution in [-0.2, 0) is 19.6 Å². The molecule has 0 aromatic heterocycles. The molecule has 76 valence electrons. The van der Waals surface area contributed by atoms with Gasteiger partial charge in [0, 0.05) is 6.08 Å². The second-order valence-electron chi connectivity index (χ2n) is 2.27. The summed E-state index contributed by atoms with van der Waals surface area (Å²) in [5.74, 6) is -0.825. The summed E-state index contributed by atoms with van der Waals surface area (Å²) >= 11 is 0. The van der Waals surface area contributed by atoms with Crippen LogP contribution in [-0.4, -0.2) is 24.4 Å². The average Bonchev–Trinajstić information content (AvgIpc) is 1.98. The molecule has 5 nitrogen and oxygen atoms in total. The second-order valence-corrected chi connectivity index (χ2v) is 3.78. The first-order valence-electron chi connectivity index (χ1n) is 3.69. The van der Waals surface area contributed by atoms with Gasteiger partial charge in [-0.3, -0.25) is 0 Å². The molecule has 0 aromatic rings. The number of carbonyl (C=O) groups is 1. The van der Waals surface area contributed by atoms with Crippen LogP contribution in [0.25, 0.3) is 0 Å². The van der Waals surface area contributed by atoms with Crippen molar-refractivity contribution in [2.24, 2.45) is 0 Å². The summed E-state index contributed by atoms with van der Waals surface area (Å²) in [6.07, 6.45) is 2.40. The molecule has 7 heteroatoms. The largest absolute Gasteiger partial charge is 1.00 e. The van der Waals surface area contributed by atoms with E-state index in [9.17, 15) is 17.8 Å². The van der Waals surface area contributed by atoms with Gasteiger partial charge in [-0.1, -0.05) is 13.0 Å². The van der Waals surface area contributed by atoms with Crippen molar-refractivity contribution in [2.75, 3.05) is 0 Å². The molecular formula is C7H11NaO5S. The molecule has 0 bridgehead atoms. The van der Waals surface area contributed by atoms with Crippen LogP contribution in [0.4, 0.5) is 0 Å². The van der Waals surface area contributed by atoms with Gasteiger partial charge in [-0.2, -0.15) is 0 Å². The van der Waals surface area contributed by atoms with Crippen LogP contribution in [0.3, 0.4) is 0 Å².